The summed E-state index contributed by atoms with van der Waals surface area (Å²) >= 11 is 0. The number of amides is 1. The molecule has 0 radical (unpaired) electrons. The summed E-state index contributed by atoms with van der Waals surface area (Å²) in [7, 11) is 0. The lowest BCUT2D eigenvalue weighted by Crippen LogP contribution is -2.18. The fraction of sp³-hybridized carbons (Fsp3) is 0.0833. The molecule has 3 aromatic carbocycles. The first kappa shape index (κ1) is 20.6. The Morgan fingerprint density at radius 2 is 1.62 bits per heavy atom. The fourth-order valence-corrected chi connectivity index (χ4v) is 3.24. The Kier molecular flexibility index (Phi) is 5.81. The molecule has 1 amide bonds. The maximum Gasteiger partial charge on any atom is 0.296 e. The van der Waals surface area contributed by atoms with E-state index in [4.69, 9.17) is 9.47 Å². The molecule has 0 atom stereocenters. The second kappa shape index (κ2) is 9.02. The zero-order chi connectivity index (χ0) is 22.5. The highest BCUT2D eigenvalue weighted by molar-refractivity contribution is 6.10. The van der Waals surface area contributed by atoms with Gasteiger partial charge in [0.2, 0.25) is 0 Å². The van der Waals surface area contributed by atoms with Gasteiger partial charge in [0.25, 0.3) is 11.6 Å². The first-order valence-electron chi connectivity index (χ1n) is 9.72. The van der Waals surface area contributed by atoms with Crippen LogP contribution in [0.25, 0.3) is 17.2 Å². The van der Waals surface area contributed by atoms with Crippen LogP contribution in [0.1, 0.15) is 5.56 Å². The molecule has 4 rings (SSSR count). The second-order valence-corrected chi connectivity index (χ2v) is 6.88. The number of benzene rings is 3. The number of fused-ring (bicyclic) bond motifs is 1. The summed E-state index contributed by atoms with van der Waals surface area (Å²) in [6, 6.07) is 21.5. The molecule has 0 unspecified atom stereocenters. The minimum Gasteiger partial charge on any atom is -0.486 e. The molecule has 0 bridgehead atoms. The quantitative estimate of drug-likeness (QED) is 0.276. The van der Waals surface area contributed by atoms with Crippen molar-refractivity contribution in [3.63, 3.8) is 0 Å². The zero-order valence-electron chi connectivity index (χ0n) is 16.8. The number of nitro benzene ring substituents is 1. The molecule has 1 aliphatic heterocycles. The van der Waals surface area contributed by atoms with Crippen molar-refractivity contribution in [3.8, 4) is 28.7 Å². The zero-order valence-corrected chi connectivity index (χ0v) is 16.8. The third-order valence-electron chi connectivity index (χ3n) is 4.80. The highest BCUT2D eigenvalue weighted by atomic mass is 16.6. The van der Waals surface area contributed by atoms with E-state index in [0.717, 1.165) is 11.1 Å². The number of nitro groups is 1. The number of carbonyl (C=O) groups excluding carboxylic acids is 1. The van der Waals surface area contributed by atoms with Gasteiger partial charge in [-0.15, -0.1) is 0 Å². The van der Waals surface area contributed by atoms with Gasteiger partial charge in [0.05, 0.1) is 11.0 Å². The van der Waals surface area contributed by atoms with Crippen LogP contribution in [-0.2, 0) is 4.79 Å². The van der Waals surface area contributed by atoms with Crippen LogP contribution in [-0.4, -0.2) is 24.0 Å². The first-order valence-corrected chi connectivity index (χ1v) is 9.72. The molecule has 1 N–H and O–H groups in total. The van der Waals surface area contributed by atoms with Crippen molar-refractivity contribution >= 4 is 23.4 Å². The maximum atomic E-state index is 12.7. The highest BCUT2D eigenvalue weighted by Gasteiger charge is 2.24. The number of rotatable bonds is 5. The van der Waals surface area contributed by atoms with Gasteiger partial charge in [0.1, 0.15) is 30.5 Å². The Labute approximate surface area is 183 Å². The summed E-state index contributed by atoms with van der Waals surface area (Å²) in [6.45, 7) is 0.570. The van der Waals surface area contributed by atoms with Gasteiger partial charge in [-0.25, -0.2) is 0 Å². The van der Waals surface area contributed by atoms with Gasteiger partial charge in [-0.2, -0.15) is 5.26 Å². The molecule has 0 saturated carbocycles. The average Bonchev–Trinajstić information content (AvgIpc) is 2.82. The topological polar surface area (TPSA) is 114 Å². The van der Waals surface area contributed by atoms with E-state index in [1.165, 1.54) is 18.2 Å². The van der Waals surface area contributed by atoms with Crippen molar-refractivity contribution in [1.82, 2.24) is 0 Å². The van der Waals surface area contributed by atoms with Crippen LogP contribution in [0, 0.1) is 21.4 Å². The standard InChI is InChI=1S/C24H17N3O5/c25-15-19(12-16-6-8-18(9-7-16)17-4-2-1-3-5-17)24(28)26-20-13-22-23(32-11-10-31-22)14-21(20)27(29)30/h1-9,12-14H,10-11H2,(H,26,28)/b19-12+. The van der Waals surface area contributed by atoms with Crippen LogP contribution >= 0.6 is 0 Å². The van der Waals surface area contributed by atoms with Crippen molar-refractivity contribution in [2.24, 2.45) is 0 Å². The molecular formula is C24H17N3O5. The van der Waals surface area contributed by atoms with Crippen molar-refractivity contribution in [2.45, 2.75) is 0 Å². The molecule has 0 fully saturated rings. The van der Waals surface area contributed by atoms with Gasteiger partial charge in [0.15, 0.2) is 11.5 Å². The van der Waals surface area contributed by atoms with Gasteiger partial charge >= 0.3 is 0 Å². The monoisotopic (exact) mass is 427 g/mol. The van der Waals surface area contributed by atoms with Crippen molar-refractivity contribution in [3.05, 3.63) is 88.0 Å². The summed E-state index contributed by atoms with van der Waals surface area (Å²) in [4.78, 5) is 23.5. The Hall–Kier alpha value is -4.64. The molecular weight excluding hydrogens is 410 g/mol. The van der Waals surface area contributed by atoms with Gasteiger partial charge in [-0.1, -0.05) is 54.6 Å². The first-order chi connectivity index (χ1) is 15.5. The van der Waals surface area contributed by atoms with Crippen LogP contribution in [0.5, 0.6) is 11.5 Å². The summed E-state index contributed by atoms with van der Waals surface area (Å²) in [5, 5.41) is 23.4. The molecule has 0 spiro atoms. The van der Waals surface area contributed by atoms with Crippen LogP contribution < -0.4 is 14.8 Å². The smallest absolute Gasteiger partial charge is 0.296 e. The van der Waals surface area contributed by atoms with Crippen molar-refractivity contribution in [1.29, 1.82) is 5.26 Å². The number of ether oxygens (including phenoxy) is 2. The summed E-state index contributed by atoms with van der Waals surface area (Å²) < 4.78 is 10.8. The predicted molar refractivity (Wildman–Crippen MR) is 118 cm³/mol. The Balaban J connectivity index is 1.58. The molecule has 32 heavy (non-hydrogen) atoms. The van der Waals surface area contributed by atoms with Crippen LogP contribution in [0.3, 0.4) is 0 Å². The number of nitrogens with one attached hydrogen (secondary N) is 1. The van der Waals surface area contributed by atoms with E-state index < -0.39 is 10.8 Å². The lowest BCUT2D eigenvalue weighted by atomic mass is 10.0. The van der Waals surface area contributed by atoms with Crippen LogP contribution in [0.4, 0.5) is 11.4 Å². The second-order valence-electron chi connectivity index (χ2n) is 6.88. The Morgan fingerprint density at radius 1 is 1.00 bits per heavy atom. The van der Waals surface area contributed by atoms with E-state index in [9.17, 15) is 20.2 Å². The largest absolute Gasteiger partial charge is 0.486 e. The van der Waals surface area contributed by atoms with E-state index in [0.29, 0.717) is 12.2 Å². The molecule has 158 valence electrons. The number of carbonyl (C=O) groups is 1. The summed E-state index contributed by atoms with van der Waals surface area (Å²) in [5.74, 6) is -0.244. The number of hydrogen-bond acceptors (Lipinski definition) is 6. The lowest BCUT2D eigenvalue weighted by Gasteiger charge is -2.19. The van der Waals surface area contributed by atoms with Crippen molar-refractivity contribution in [2.75, 3.05) is 18.5 Å². The van der Waals surface area contributed by atoms with Gasteiger partial charge in [-0.3, -0.25) is 14.9 Å². The molecule has 8 heteroatoms. The van der Waals surface area contributed by atoms with Crippen molar-refractivity contribution < 1.29 is 19.2 Å². The van der Waals surface area contributed by atoms with Gasteiger partial charge in [0, 0.05) is 6.07 Å². The molecule has 1 heterocycles. The summed E-state index contributed by atoms with van der Waals surface area (Å²) in [6.07, 6.45) is 1.42. The normalized spacial score (nSPS) is 12.5. The van der Waals surface area contributed by atoms with Gasteiger partial charge in [-0.05, 0) is 22.8 Å². The minimum absolute atomic E-state index is 0.0789. The fourth-order valence-electron chi connectivity index (χ4n) is 3.24. The van der Waals surface area contributed by atoms with E-state index in [1.807, 2.05) is 48.5 Å². The molecule has 0 aliphatic carbocycles. The maximum absolute atomic E-state index is 12.7. The number of anilines is 1. The van der Waals surface area contributed by atoms with Crippen LogP contribution in [0.2, 0.25) is 0 Å². The summed E-state index contributed by atoms with van der Waals surface area (Å²) in [5.41, 5.74) is 2.07. The highest BCUT2D eigenvalue weighted by Crippen LogP contribution is 2.39. The lowest BCUT2D eigenvalue weighted by molar-refractivity contribution is -0.384. The number of nitriles is 1. The third kappa shape index (κ3) is 4.42. The molecule has 1 aliphatic rings. The third-order valence-corrected chi connectivity index (χ3v) is 4.80. The van der Waals surface area contributed by atoms with Crippen LogP contribution in [0.15, 0.2) is 72.3 Å². The average molecular weight is 427 g/mol. The van der Waals surface area contributed by atoms with E-state index >= 15 is 0 Å². The van der Waals surface area contributed by atoms with E-state index in [2.05, 4.69) is 5.32 Å². The number of hydrogen-bond donors (Lipinski definition) is 1. The molecule has 0 saturated heterocycles. The Morgan fingerprint density at radius 3 is 2.25 bits per heavy atom. The SMILES string of the molecule is N#C/C(=C\c1ccc(-c2ccccc2)cc1)C(=O)Nc1cc2c(cc1[N+](=O)[O-])OCCO2. The van der Waals surface area contributed by atoms with Gasteiger partial charge < -0.3 is 14.8 Å². The Bertz CT molecular complexity index is 1250. The van der Waals surface area contributed by atoms with E-state index in [-0.39, 0.29) is 35.1 Å². The molecule has 8 nitrogen and oxygen atoms in total. The minimum atomic E-state index is -0.764. The molecule has 0 aromatic heterocycles. The number of nitrogens with zero attached hydrogens (tertiary/aromatic N) is 2. The molecule has 3 aromatic rings. The predicted octanol–water partition coefficient (Wildman–Crippen LogP) is 4.58. The van der Waals surface area contributed by atoms with E-state index in [1.54, 1.807) is 12.1 Å².